The molecule has 0 amide bonds. The quantitative estimate of drug-likeness (QED) is 0.590. The number of hydrogen-bond donors (Lipinski definition) is 3. The number of phenols is 1. The van der Waals surface area contributed by atoms with Crippen molar-refractivity contribution in [1.29, 1.82) is 0 Å². The molecule has 3 aliphatic rings. The van der Waals surface area contributed by atoms with E-state index in [0.717, 1.165) is 30.0 Å². The third-order valence-corrected chi connectivity index (χ3v) is 6.38. The van der Waals surface area contributed by atoms with E-state index in [9.17, 15) is 10.1 Å². The minimum Gasteiger partial charge on any atom is -0.533 e. The Morgan fingerprint density at radius 3 is 3.10 bits per heavy atom. The van der Waals surface area contributed by atoms with E-state index >= 15 is 0 Å². The first-order valence-corrected chi connectivity index (χ1v) is 8.61. The summed E-state index contributed by atoms with van der Waals surface area (Å²) in [6.07, 6.45) is 2.16. The van der Waals surface area contributed by atoms with Crippen LogP contribution in [0, 0.1) is 5.92 Å². The van der Waals surface area contributed by atoms with Gasteiger partial charge in [-0.3, -0.25) is 0 Å². The number of hydrogen-bond acceptors (Lipinski definition) is 5. The molecule has 3 N–H and O–H groups in total. The van der Waals surface area contributed by atoms with Crippen LogP contribution in [0.1, 0.15) is 31.2 Å². The van der Waals surface area contributed by atoms with Gasteiger partial charge in [0.15, 0.2) is 5.75 Å². The molecule has 1 aromatic carbocycles. The Morgan fingerprint density at radius 1 is 1.48 bits per heavy atom. The fourth-order valence-electron chi connectivity index (χ4n) is 3.55. The summed E-state index contributed by atoms with van der Waals surface area (Å²) in [4.78, 5) is 0.861. The number of rotatable bonds is 3. The maximum Gasteiger partial charge on any atom is 0.526 e. The van der Waals surface area contributed by atoms with Crippen LogP contribution in [0.15, 0.2) is 17.0 Å². The van der Waals surface area contributed by atoms with E-state index in [1.165, 1.54) is 6.42 Å². The zero-order valence-electron chi connectivity index (χ0n) is 12.1. The van der Waals surface area contributed by atoms with Crippen molar-refractivity contribution < 1.29 is 14.8 Å². The van der Waals surface area contributed by atoms with E-state index in [0.29, 0.717) is 22.8 Å². The summed E-state index contributed by atoms with van der Waals surface area (Å²) in [6.45, 7) is 4.36. The van der Waals surface area contributed by atoms with Gasteiger partial charge in [-0.15, -0.1) is 11.8 Å². The van der Waals surface area contributed by atoms with Gasteiger partial charge >= 0.3 is 7.12 Å². The second-order valence-electron chi connectivity index (χ2n) is 6.42. The zero-order chi connectivity index (χ0) is 14.6. The van der Waals surface area contributed by atoms with E-state index < -0.39 is 7.12 Å². The van der Waals surface area contributed by atoms with Crippen LogP contribution in [0.4, 0.5) is 0 Å². The molecule has 2 fully saturated rings. The van der Waals surface area contributed by atoms with E-state index in [2.05, 4.69) is 18.3 Å². The third-order valence-electron chi connectivity index (χ3n) is 5.04. The monoisotopic (exact) mass is 305 g/mol. The minimum atomic E-state index is -0.759. The molecule has 0 aromatic heterocycles. The Balaban J connectivity index is 1.57. The Morgan fingerprint density at radius 2 is 2.33 bits per heavy atom. The van der Waals surface area contributed by atoms with Gasteiger partial charge in [-0.2, -0.15) is 0 Å². The van der Waals surface area contributed by atoms with Crippen LogP contribution in [-0.4, -0.2) is 35.6 Å². The van der Waals surface area contributed by atoms with E-state index in [4.69, 9.17) is 4.65 Å². The second-order valence-corrected chi connectivity index (χ2v) is 7.84. The molecule has 1 saturated carbocycles. The molecule has 21 heavy (non-hydrogen) atoms. The van der Waals surface area contributed by atoms with Crippen molar-refractivity contribution in [1.82, 2.24) is 5.32 Å². The lowest BCUT2D eigenvalue weighted by atomic mass is 9.77. The number of aromatic hydroxyl groups is 1. The molecular weight excluding hydrogens is 285 g/mol. The fourth-order valence-corrected chi connectivity index (χ4v) is 4.73. The Labute approximate surface area is 129 Å². The molecule has 6 heteroatoms. The van der Waals surface area contributed by atoms with Gasteiger partial charge in [0.25, 0.3) is 0 Å². The molecule has 2 heterocycles. The number of thioether (sulfide) groups is 1. The van der Waals surface area contributed by atoms with Gasteiger partial charge in [-0.1, -0.05) is 13.0 Å². The number of nitrogens with one attached hydrogen (secondary N) is 1. The van der Waals surface area contributed by atoms with Gasteiger partial charge in [0.1, 0.15) is 5.75 Å². The molecule has 2 aliphatic heterocycles. The molecule has 1 saturated heterocycles. The van der Waals surface area contributed by atoms with E-state index in [1.807, 2.05) is 6.07 Å². The molecule has 4 rings (SSSR count). The van der Waals surface area contributed by atoms with Crippen molar-refractivity contribution in [2.75, 3.05) is 13.1 Å². The van der Waals surface area contributed by atoms with Gasteiger partial charge in [0, 0.05) is 11.1 Å². The molecule has 4 nitrogen and oxygen atoms in total. The summed E-state index contributed by atoms with van der Waals surface area (Å²) in [5.74, 6) is 1.94. The summed E-state index contributed by atoms with van der Waals surface area (Å²) in [6, 6.07) is 4.07. The molecule has 0 spiro atoms. The normalized spacial score (nSPS) is 31.3. The van der Waals surface area contributed by atoms with Crippen molar-refractivity contribution in [3.05, 3.63) is 17.7 Å². The SMILES string of the molecule is C[C@@H](Sc1ccc2c(c1O)OB(O)[C@@H]1C[C@H]21)[C@H]1CCNC1. The standard InChI is InChI=1S/C15H20BNO3S/c1-8(9-4-5-17-7-9)21-13-3-2-10-11-6-12(11)16(19)20-15(10)14(13)18/h2-3,8-9,11-12,17-19H,4-7H2,1H3/t8-,9+,11-,12-/m1/s1. The molecule has 4 atom stereocenters. The average Bonchev–Trinajstić information content (AvgIpc) is 3.09. The van der Waals surface area contributed by atoms with Crippen LogP contribution in [-0.2, 0) is 0 Å². The maximum atomic E-state index is 10.5. The topological polar surface area (TPSA) is 61.7 Å². The third kappa shape index (κ3) is 2.33. The molecule has 0 unspecified atom stereocenters. The Bertz CT molecular complexity index is 564. The van der Waals surface area contributed by atoms with E-state index in [1.54, 1.807) is 11.8 Å². The largest absolute Gasteiger partial charge is 0.533 e. The zero-order valence-corrected chi connectivity index (χ0v) is 12.9. The maximum absolute atomic E-state index is 10.5. The van der Waals surface area contributed by atoms with Crippen LogP contribution in [0.25, 0.3) is 0 Å². The lowest BCUT2D eigenvalue weighted by Crippen LogP contribution is -2.26. The van der Waals surface area contributed by atoms with Crippen LogP contribution in [0.2, 0.25) is 5.82 Å². The molecule has 1 aromatic rings. The molecular formula is C15H20BNO3S. The highest BCUT2D eigenvalue weighted by atomic mass is 32.2. The van der Waals surface area contributed by atoms with Gasteiger partial charge < -0.3 is 20.1 Å². The van der Waals surface area contributed by atoms with Crippen molar-refractivity contribution in [2.24, 2.45) is 5.92 Å². The van der Waals surface area contributed by atoms with Gasteiger partial charge in [-0.05, 0) is 49.4 Å². The summed E-state index contributed by atoms with van der Waals surface area (Å²) >= 11 is 1.70. The lowest BCUT2D eigenvalue weighted by Gasteiger charge is -2.23. The number of benzene rings is 1. The number of phenolic OH excluding ortho intramolecular Hbond substituents is 1. The van der Waals surface area contributed by atoms with E-state index in [-0.39, 0.29) is 11.6 Å². The summed E-state index contributed by atoms with van der Waals surface area (Å²) in [7, 11) is -0.759. The Hall–Kier alpha value is -0.845. The lowest BCUT2D eigenvalue weighted by molar-refractivity contribution is 0.369. The minimum absolute atomic E-state index is 0.208. The Kier molecular flexibility index (Phi) is 3.36. The highest BCUT2D eigenvalue weighted by molar-refractivity contribution is 8.00. The molecule has 112 valence electrons. The van der Waals surface area contributed by atoms with Crippen molar-refractivity contribution in [3.63, 3.8) is 0 Å². The molecule has 0 bridgehead atoms. The smallest absolute Gasteiger partial charge is 0.526 e. The van der Waals surface area contributed by atoms with Gasteiger partial charge in [0.2, 0.25) is 0 Å². The van der Waals surface area contributed by atoms with Gasteiger partial charge in [0.05, 0.1) is 4.90 Å². The highest BCUT2D eigenvalue weighted by Crippen LogP contribution is 2.62. The fraction of sp³-hybridized carbons (Fsp3) is 0.600. The van der Waals surface area contributed by atoms with Crippen molar-refractivity contribution in [2.45, 2.75) is 41.6 Å². The first-order chi connectivity index (χ1) is 10.1. The first kappa shape index (κ1) is 13.8. The summed E-state index contributed by atoms with van der Waals surface area (Å²) in [5, 5.41) is 24.2. The average molecular weight is 305 g/mol. The molecule has 1 aliphatic carbocycles. The van der Waals surface area contributed by atoms with Crippen molar-refractivity contribution >= 4 is 18.9 Å². The first-order valence-electron chi connectivity index (χ1n) is 7.73. The van der Waals surface area contributed by atoms with Gasteiger partial charge in [-0.25, -0.2) is 0 Å². The van der Waals surface area contributed by atoms with Crippen LogP contribution >= 0.6 is 11.8 Å². The van der Waals surface area contributed by atoms with Crippen LogP contribution in [0.3, 0.4) is 0 Å². The van der Waals surface area contributed by atoms with Crippen molar-refractivity contribution in [3.8, 4) is 11.5 Å². The summed E-state index contributed by atoms with van der Waals surface area (Å²) < 4.78 is 5.54. The van der Waals surface area contributed by atoms with Crippen LogP contribution in [0.5, 0.6) is 11.5 Å². The second kappa shape index (κ2) is 5.11. The highest BCUT2D eigenvalue weighted by Gasteiger charge is 2.54. The summed E-state index contributed by atoms with van der Waals surface area (Å²) in [5.41, 5.74) is 1.06. The number of fused-ring (bicyclic) bond motifs is 3. The molecule has 0 radical (unpaired) electrons. The predicted molar refractivity (Wildman–Crippen MR) is 84.1 cm³/mol. The predicted octanol–water partition coefficient (Wildman–Crippen LogP) is 2.21. The van der Waals surface area contributed by atoms with Crippen LogP contribution < -0.4 is 9.97 Å².